The van der Waals surface area contributed by atoms with Crippen LogP contribution < -0.4 is 0 Å². The first-order chi connectivity index (χ1) is 5.24. The molecule has 0 spiro atoms. The summed E-state index contributed by atoms with van der Waals surface area (Å²) in [6, 6.07) is 0. The van der Waals surface area contributed by atoms with Gasteiger partial charge in [-0.3, -0.25) is 10.1 Å². The Balaban J connectivity index is 2.63. The summed E-state index contributed by atoms with van der Waals surface area (Å²) in [7, 11) is 0. The maximum Gasteiger partial charge on any atom is 0.253 e. The highest BCUT2D eigenvalue weighted by Gasteiger charge is 2.17. The Morgan fingerprint density at radius 3 is 3.09 bits per heavy atom. The van der Waals surface area contributed by atoms with Gasteiger partial charge >= 0.3 is 0 Å². The summed E-state index contributed by atoms with van der Waals surface area (Å²) in [6.45, 7) is 3.86. The van der Waals surface area contributed by atoms with Gasteiger partial charge in [0.1, 0.15) is 0 Å². The zero-order valence-corrected chi connectivity index (χ0v) is 6.62. The van der Waals surface area contributed by atoms with Gasteiger partial charge < -0.3 is 4.90 Å². The Morgan fingerprint density at radius 2 is 2.55 bits per heavy atom. The van der Waals surface area contributed by atoms with Crippen molar-refractivity contribution in [3.63, 3.8) is 0 Å². The van der Waals surface area contributed by atoms with Crippen LogP contribution in [-0.2, 0) is 0 Å². The molecule has 62 valence electrons. The van der Waals surface area contributed by atoms with Gasteiger partial charge in [0.2, 0.25) is 0 Å². The van der Waals surface area contributed by atoms with Crippen LogP contribution in [0, 0.1) is 10.1 Å². The molecule has 4 heteroatoms. The highest BCUT2D eigenvalue weighted by atomic mass is 16.6. The van der Waals surface area contributed by atoms with Gasteiger partial charge in [-0.15, -0.1) is 0 Å². The Labute approximate surface area is 65.6 Å². The number of hydrogen-bond acceptors (Lipinski definition) is 3. The fraction of sp³-hybridized carbons (Fsp3) is 0.714. The van der Waals surface area contributed by atoms with E-state index in [-0.39, 0.29) is 4.92 Å². The molecule has 0 amide bonds. The maximum atomic E-state index is 10.1. The second-order valence-corrected chi connectivity index (χ2v) is 2.59. The van der Waals surface area contributed by atoms with Crippen molar-refractivity contribution in [2.45, 2.75) is 19.8 Å². The molecule has 0 saturated carbocycles. The second kappa shape index (κ2) is 3.37. The molecule has 1 saturated heterocycles. The first kappa shape index (κ1) is 8.04. The molecule has 1 aliphatic rings. The van der Waals surface area contributed by atoms with Gasteiger partial charge in [-0.2, -0.15) is 0 Å². The third kappa shape index (κ3) is 1.93. The summed E-state index contributed by atoms with van der Waals surface area (Å²) in [6.07, 6.45) is 3.03. The average molecular weight is 156 g/mol. The molecule has 0 aromatic rings. The van der Waals surface area contributed by atoms with Crippen molar-refractivity contribution in [1.82, 2.24) is 4.90 Å². The van der Waals surface area contributed by atoms with Crippen LogP contribution in [0.2, 0.25) is 0 Å². The lowest BCUT2D eigenvalue weighted by atomic mass is 10.3. The first-order valence-corrected chi connectivity index (χ1v) is 3.83. The van der Waals surface area contributed by atoms with Gasteiger partial charge in [-0.25, -0.2) is 0 Å². The lowest BCUT2D eigenvalue weighted by molar-refractivity contribution is -0.404. The van der Waals surface area contributed by atoms with Crippen molar-refractivity contribution in [3.05, 3.63) is 22.0 Å². The zero-order valence-electron chi connectivity index (χ0n) is 6.62. The van der Waals surface area contributed by atoms with Gasteiger partial charge in [-0.05, 0) is 19.8 Å². The third-order valence-corrected chi connectivity index (χ3v) is 1.90. The highest BCUT2D eigenvalue weighted by Crippen LogP contribution is 2.19. The molecule has 0 unspecified atom stereocenters. The average Bonchev–Trinajstić information content (AvgIpc) is 2.34. The molecular formula is C7H12N2O2. The van der Waals surface area contributed by atoms with Crippen molar-refractivity contribution >= 4 is 0 Å². The van der Waals surface area contributed by atoms with Crippen LogP contribution in [0.3, 0.4) is 0 Å². The zero-order chi connectivity index (χ0) is 8.27. The molecular weight excluding hydrogens is 144 g/mol. The van der Waals surface area contributed by atoms with E-state index in [0.29, 0.717) is 0 Å². The molecule has 1 aliphatic heterocycles. The minimum Gasteiger partial charge on any atom is -0.370 e. The topological polar surface area (TPSA) is 46.4 Å². The number of likely N-dealkylation sites (tertiary alicyclic amines) is 1. The fourth-order valence-corrected chi connectivity index (χ4v) is 1.38. The molecule has 0 aromatic heterocycles. The van der Waals surface area contributed by atoms with Crippen LogP contribution in [0.25, 0.3) is 0 Å². The number of rotatable bonds is 2. The number of nitro groups is 1. The van der Waals surface area contributed by atoms with E-state index >= 15 is 0 Å². The molecule has 0 N–H and O–H groups in total. The summed E-state index contributed by atoms with van der Waals surface area (Å²) >= 11 is 0. The predicted molar refractivity (Wildman–Crippen MR) is 41.6 cm³/mol. The van der Waals surface area contributed by atoms with E-state index in [4.69, 9.17) is 0 Å². The lowest BCUT2D eigenvalue weighted by Gasteiger charge is -2.14. The van der Waals surface area contributed by atoms with E-state index in [1.807, 2.05) is 11.8 Å². The summed E-state index contributed by atoms with van der Waals surface area (Å²) in [5.74, 6) is 0. The second-order valence-electron chi connectivity index (χ2n) is 2.59. The van der Waals surface area contributed by atoms with Crippen molar-refractivity contribution in [3.8, 4) is 0 Å². The largest absolute Gasteiger partial charge is 0.370 e. The Hall–Kier alpha value is -1.06. The van der Waals surface area contributed by atoms with E-state index in [0.717, 1.165) is 37.8 Å². The van der Waals surface area contributed by atoms with Gasteiger partial charge in [0, 0.05) is 13.1 Å². The standard InChI is InChI=1S/C7H12N2O2/c1-2-8-5-3-4-7(8)6-9(10)11/h6H,2-5H2,1H3/b7-6+. The van der Waals surface area contributed by atoms with E-state index in [1.54, 1.807) is 0 Å². The van der Waals surface area contributed by atoms with Crippen LogP contribution in [-0.4, -0.2) is 22.9 Å². The quantitative estimate of drug-likeness (QED) is 0.446. The van der Waals surface area contributed by atoms with Gasteiger partial charge in [-0.1, -0.05) is 0 Å². The Bertz CT molecular complexity index is 189. The summed E-state index contributed by atoms with van der Waals surface area (Å²) in [5, 5.41) is 10.1. The monoisotopic (exact) mass is 156 g/mol. The maximum absolute atomic E-state index is 10.1. The molecule has 4 nitrogen and oxygen atoms in total. The normalized spacial score (nSPS) is 21.2. The number of allylic oxidation sites excluding steroid dienone is 1. The minimum atomic E-state index is -0.372. The fourth-order valence-electron chi connectivity index (χ4n) is 1.38. The molecule has 0 aromatic carbocycles. The number of hydrogen-bond donors (Lipinski definition) is 0. The summed E-state index contributed by atoms with van der Waals surface area (Å²) in [4.78, 5) is 11.8. The molecule has 0 aliphatic carbocycles. The van der Waals surface area contributed by atoms with Crippen LogP contribution >= 0.6 is 0 Å². The van der Waals surface area contributed by atoms with Crippen molar-refractivity contribution in [1.29, 1.82) is 0 Å². The first-order valence-electron chi connectivity index (χ1n) is 3.83. The third-order valence-electron chi connectivity index (χ3n) is 1.90. The smallest absolute Gasteiger partial charge is 0.253 e. The lowest BCUT2D eigenvalue weighted by Crippen LogP contribution is -2.17. The van der Waals surface area contributed by atoms with E-state index in [9.17, 15) is 10.1 Å². The minimum absolute atomic E-state index is 0.372. The molecule has 1 heterocycles. The summed E-state index contributed by atoms with van der Waals surface area (Å²) in [5.41, 5.74) is 0.873. The molecule has 0 bridgehead atoms. The van der Waals surface area contributed by atoms with E-state index in [1.165, 1.54) is 0 Å². The molecule has 11 heavy (non-hydrogen) atoms. The van der Waals surface area contributed by atoms with Crippen LogP contribution in [0.15, 0.2) is 11.9 Å². The Morgan fingerprint density at radius 1 is 1.82 bits per heavy atom. The van der Waals surface area contributed by atoms with Gasteiger partial charge in [0.15, 0.2) is 0 Å². The molecule has 1 rings (SSSR count). The van der Waals surface area contributed by atoms with Crippen LogP contribution in [0.4, 0.5) is 0 Å². The van der Waals surface area contributed by atoms with Crippen LogP contribution in [0.1, 0.15) is 19.8 Å². The van der Waals surface area contributed by atoms with E-state index < -0.39 is 0 Å². The van der Waals surface area contributed by atoms with Crippen LogP contribution in [0.5, 0.6) is 0 Å². The van der Waals surface area contributed by atoms with Gasteiger partial charge in [0.25, 0.3) is 6.20 Å². The predicted octanol–water partition coefficient (Wildman–Crippen LogP) is 1.22. The van der Waals surface area contributed by atoms with E-state index in [2.05, 4.69) is 0 Å². The van der Waals surface area contributed by atoms with Crippen molar-refractivity contribution < 1.29 is 4.92 Å². The number of nitrogens with zero attached hydrogens (tertiary/aromatic N) is 2. The van der Waals surface area contributed by atoms with Crippen molar-refractivity contribution in [2.75, 3.05) is 13.1 Å². The highest BCUT2D eigenvalue weighted by molar-refractivity contribution is 5.01. The molecule has 1 fully saturated rings. The van der Waals surface area contributed by atoms with Gasteiger partial charge in [0.05, 0.1) is 10.6 Å². The summed E-state index contributed by atoms with van der Waals surface area (Å²) < 4.78 is 0. The SMILES string of the molecule is CCN1CCC/C1=C\[N+](=O)[O-]. The Kier molecular flexibility index (Phi) is 2.46. The van der Waals surface area contributed by atoms with Crippen molar-refractivity contribution in [2.24, 2.45) is 0 Å². The molecule has 0 atom stereocenters. The molecule has 0 radical (unpaired) electrons.